The Kier molecular flexibility index (Phi) is 4.23. The maximum absolute atomic E-state index is 5.34. The zero-order chi connectivity index (χ0) is 10.4. The molecule has 0 atom stereocenters. The Labute approximate surface area is 85.7 Å². The van der Waals surface area contributed by atoms with Crippen LogP contribution in [0.5, 0.6) is 5.88 Å². The lowest BCUT2D eigenvalue weighted by Gasteiger charge is -2.25. The number of fused-ring (bicyclic) bond motifs is 1. The molecule has 0 spiro atoms. The van der Waals surface area contributed by atoms with E-state index in [0.717, 1.165) is 24.7 Å². The average molecular weight is 194 g/mol. The Bertz CT molecular complexity index is 276. The largest absolute Gasteiger partial charge is 0.474 e. The molecule has 78 valence electrons. The summed E-state index contributed by atoms with van der Waals surface area (Å²) in [6.45, 7) is 5.93. The van der Waals surface area contributed by atoms with Crippen LogP contribution in [-0.4, -0.2) is 25.2 Å². The number of anilines is 1. The minimum Gasteiger partial charge on any atom is -0.474 e. The Morgan fingerprint density at radius 2 is 2.21 bits per heavy atom. The van der Waals surface area contributed by atoms with Gasteiger partial charge in [0.2, 0.25) is 5.88 Å². The van der Waals surface area contributed by atoms with Crippen LogP contribution in [0.25, 0.3) is 0 Å². The molecule has 0 amide bonds. The minimum absolute atomic E-state index is 0.737. The maximum atomic E-state index is 5.34. The highest BCUT2D eigenvalue weighted by Gasteiger charge is 2.13. The predicted octanol–water partition coefficient (Wildman–Crippen LogP) is 2.33. The second-order valence-corrected chi connectivity index (χ2v) is 3.30. The first-order valence-corrected chi connectivity index (χ1v) is 5.08. The standard InChI is InChI=1S/C8H10N2O.C3H8/c1-10-5-6-11-8-7(10)3-2-4-9-8;1-3-2/h2-4H,5-6H2,1H3;3H2,1-2H3. The minimum atomic E-state index is 0.737. The van der Waals surface area contributed by atoms with E-state index in [4.69, 9.17) is 4.74 Å². The van der Waals surface area contributed by atoms with E-state index in [0.29, 0.717) is 0 Å². The van der Waals surface area contributed by atoms with E-state index >= 15 is 0 Å². The zero-order valence-corrected chi connectivity index (χ0v) is 9.16. The Morgan fingerprint density at radius 1 is 1.50 bits per heavy atom. The Hall–Kier alpha value is -1.25. The van der Waals surface area contributed by atoms with Crippen LogP contribution in [-0.2, 0) is 0 Å². The van der Waals surface area contributed by atoms with Crippen molar-refractivity contribution in [3.8, 4) is 5.88 Å². The van der Waals surface area contributed by atoms with Gasteiger partial charge in [-0.05, 0) is 12.1 Å². The molecule has 1 aromatic heterocycles. The molecule has 14 heavy (non-hydrogen) atoms. The second-order valence-electron chi connectivity index (χ2n) is 3.30. The summed E-state index contributed by atoms with van der Waals surface area (Å²) >= 11 is 0. The third-order valence-corrected chi connectivity index (χ3v) is 1.83. The van der Waals surface area contributed by atoms with Crippen molar-refractivity contribution in [2.24, 2.45) is 0 Å². The average Bonchev–Trinajstić information content (AvgIpc) is 2.20. The molecule has 0 saturated heterocycles. The van der Waals surface area contributed by atoms with Crippen LogP contribution < -0.4 is 9.64 Å². The van der Waals surface area contributed by atoms with Crippen molar-refractivity contribution >= 4 is 5.69 Å². The maximum Gasteiger partial charge on any atom is 0.237 e. The number of hydrogen-bond acceptors (Lipinski definition) is 3. The van der Waals surface area contributed by atoms with Gasteiger partial charge in [-0.15, -0.1) is 0 Å². The van der Waals surface area contributed by atoms with Crippen LogP contribution in [0, 0.1) is 0 Å². The molecule has 0 unspecified atom stereocenters. The number of likely N-dealkylation sites (N-methyl/N-ethyl adjacent to an activating group) is 1. The summed E-state index contributed by atoms with van der Waals surface area (Å²) in [4.78, 5) is 6.25. The van der Waals surface area contributed by atoms with E-state index in [-0.39, 0.29) is 0 Å². The molecule has 0 saturated carbocycles. The van der Waals surface area contributed by atoms with E-state index in [2.05, 4.69) is 23.7 Å². The molecule has 0 aliphatic carbocycles. The molecule has 3 nitrogen and oxygen atoms in total. The quantitative estimate of drug-likeness (QED) is 0.633. The molecule has 2 rings (SSSR count). The summed E-state index contributed by atoms with van der Waals surface area (Å²) in [6.07, 6.45) is 3.00. The van der Waals surface area contributed by atoms with Gasteiger partial charge in [0.15, 0.2) is 0 Å². The van der Waals surface area contributed by atoms with Crippen molar-refractivity contribution in [2.75, 3.05) is 25.1 Å². The number of aromatic nitrogens is 1. The van der Waals surface area contributed by atoms with Crippen LogP contribution in [0.2, 0.25) is 0 Å². The predicted molar refractivity (Wildman–Crippen MR) is 59.0 cm³/mol. The summed E-state index contributed by atoms with van der Waals surface area (Å²) in [5.41, 5.74) is 1.08. The third-order valence-electron chi connectivity index (χ3n) is 1.83. The number of ether oxygens (including phenoxy) is 1. The normalized spacial score (nSPS) is 13.5. The fourth-order valence-corrected chi connectivity index (χ4v) is 1.18. The molecular weight excluding hydrogens is 176 g/mol. The summed E-state index contributed by atoms with van der Waals surface area (Å²) in [6, 6.07) is 3.94. The smallest absolute Gasteiger partial charge is 0.237 e. The first kappa shape index (κ1) is 10.8. The summed E-state index contributed by atoms with van der Waals surface area (Å²) in [5.74, 6) is 0.751. The van der Waals surface area contributed by atoms with Gasteiger partial charge >= 0.3 is 0 Å². The molecular formula is C11H18N2O. The lowest BCUT2D eigenvalue weighted by molar-refractivity contribution is 0.299. The second kappa shape index (κ2) is 5.47. The van der Waals surface area contributed by atoms with Crippen molar-refractivity contribution in [3.63, 3.8) is 0 Å². The van der Waals surface area contributed by atoms with Gasteiger partial charge in [-0.25, -0.2) is 4.98 Å². The van der Waals surface area contributed by atoms with Gasteiger partial charge in [0.25, 0.3) is 0 Å². The highest BCUT2D eigenvalue weighted by molar-refractivity contribution is 5.55. The number of nitrogens with zero attached hydrogens (tertiary/aromatic N) is 2. The van der Waals surface area contributed by atoms with Crippen LogP contribution in [0.3, 0.4) is 0 Å². The topological polar surface area (TPSA) is 25.4 Å². The zero-order valence-electron chi connectivity index (χ0n) is 9.16. The Morgan fingerprint density at radius 3 is 2.86 bits per heavy atom. The molecule has 0 aromatic carbocycles. The van der Waals surface area contributed by atoms with Gasteiger partial charge in [0, 0.05) is 13.2 Å². The van der Waals surface area contributed by atoms with Gasteiger partial charge in [-0.2, -0.15) is 0 Å². The molecule has 0 N–H and O–H groups in total. The molecule has 1 aromatic rings. The van der Waals surface area contributed by atoms with E-state index in [1.807, 2.05) is 19.2 Å². The number of rotatable bonds is 0. The number of hydrogen-bond donors (Lipinski definition) is 0. The number of pyridine rings is 1. The van der Waals surface area contributed by atoms with E-state index in [1.54, 1.807) is 6.20 Å². The first-order chi connectivity index (χ1) is 6.79. The van der Waals surface area contributed by atoms with E-state index in [9.17, 15) is 0 Å². The van der Waals surface area contributed by atoms with Gasteiger partial charge in [0.1, 0.15) is 6.61 Å². The lowest BCUT2D eigenvalue weighted by Crippen LogP contribution is -2.29. The third kappa shape index (κ3) is 2.62. The summed E-state index contributed by atoms with van der Waals surface area (Å²) in [5, 5.41) is 0. The summed E-state index contributed by atoms with van der Waals surface area (Å²) < 4.78 is 5.34. The Balaban J connectivity index is 0.000000293. The van der Waals surface area contributed by atoms with Crippen LogP contribution in [0.1, 0.15) is 20.3 Å². The molecule has 3 heteroatoms. The van der Waals surface area contributed by atoms with Crippen LogP contribution in [0.15, 0.2) is 18.3 Å². The van der Waals surface area contributed by atoms with Gasteiger partial charge in [-0.3, -0.25) is 0 Å². The van der Waals surface area contributed by atoms with Crippen molar-refractivity contribution in [2.45, 2.75) is 20.3 Å². The summed E-state index contributed by atoms with van der Waals surface area (Å²) in [7, 11) is 2.04. The lowest BCUT2D eigenvalue weighted by atomic mass is 10.3. The van der Waals surface area contributed by atoms with E-state index < -0.39 is 0 Å². The van der Waals surface area contributed by atoms with E-state index in [1.165, 1.54) is 6.42 Å². The van der Waals surface area contributed by atoms with Crippen molar-refractivity contribution in [1.82, 2.24) is 4.98 Å². The molecule has 0 bridgehead atoms. The van der Waals surface area contributed by atoms with Crippen LogP contribution >= 0.6 is 0 Å². The van der Waals surface area contributed by atoms with Gasteiger partial charge in [0.05, 0.1) is 12.2 Å². The van der Waals surface area contributed by atoms with Crippen LogP contribution in [0.4, 0.5) is 5.69 Å². The molecule has 2 heterocycles. The molecule has 0 radical (unpaired) electrons. The van der Waals surface area contributed by atoms with Crippen molar-refractivity contribution in [1.29, 1.82) is 0 Å². The molecule has 1 aliphatic heterocycles. The molecule has 0 fully saturated rings. The molecule has 1 aliphatic rings. The monoisotopic (exact) mass is 194 g/mol. The SMILES string of the molecule is CCC.CN1CCOc2ncccc21. The van der Waals surface area contributed by atoms with Crippen molar-refractivity contribution < 1.29 is 4.74 Å². The van der Waals surface area contributed by atoms with Crippen molar-refractivity contribution in [3.05, 3.63) is 18.3 Å². The van der Waals surface area contributed by atoms with Gasteiger partial charge in [-0.1, -0.05) is 20.3 Å². The highest BCUT2D eigenvalue weighted by atomic mass is 16.5. The fraction of sp³-hybridized carbons (Fsp3) is 0.545. The first-order valence-electron chi connectivity index (χ1n) is 5.08. The fourth-order valence-electron chi connectivity index (χ4n) is 1.18. The van der Waals surface area contributed by atoms with Gasteiger partial charge < -0.3 is 9.64 Å². The highest BCUT2D eigenvalue weighted by Crippen LogP contribution is 2.26.